The molecular weight excluding hydrogens is 429 g/mol. The second kappa shape index (κ2) is 6.49. The van der Waals surface area contributed by atoms with Crippen LogP contribution in [0, 0.1) is 0 Å². The molecule has 1 aromatic carbocycles. The zero-order valence-electron chi connectivity index (χ0n) is 9.27. The van der Waals surface area contributed by atoms with Gasteiger partial charge in [-0.2, -0.15) is 0 Å². The molecule has 0 saturated carbocycles. The molecule has 1 aliphatic heterocycles. The predicted molar refractivity (Wildman–Crippen MR) is 61.4 cm³/mol. The van der Waals surface area contributed by atoms with Gasteiger partial charge in [-0.05, 0) is 0 Å². The molecule has 0 aliphatic carbocycles. The predicted octanol–water partition coefficient (Wildman–Crippen LogP) is -0.518. The number of ether oxygens (including phenoxy) is 1. The number of benzene rings is 1. The Hall–Kier alpha value is 0.345. The van der Waals surface area contributed by atoms with Gasteiger partial charge in [0.25, 0.3) is 0 Å². The fourth-order valence-electron chi connectivity index (χ4n) is 1.68. The summed E-state index contributed by atoms with van der Waals surface area (Å²) in [5.74, 6) is 0. The molecule has 1 aliphatic rings. The summed E-state index contributed by atoms with van der Waals surface area (Å²) in [5.41, 5.74) is -0.393. The van der Waals surface area contributed by atoms with Gasteiger partial charge in [0.2, 0.25) is 0 Å². The van der Waals surface area contributed by atoms with Crippen molar-refractivity contribution in [3.63, 3.8) is 0 Å². The second-order valence-corrected chi connectivity index (χ2v) is 15.6. The summed E-state index contributed by atoms with van der Waals surface area (Å²) in [4.78, 5) is 0. The van der Waals surface area contributed by atoms with Crippen LogP contribution in [-0.2, 0) is 27.8 Å². The van der Waals surface area contributed by atoms with Crippen LogP contribution < -0.4 is 3.07 Å². The van der Waals surface area contributed by atoms with Crippen molar-refractivity contribution in [2.24, 2.45) is 0 Å². The van der Waals surface area contributed by atoms with E-state index in [0.29, 0.717) is 0 Å². The van der Waals surface area contributed by atoms with Crippen LogP contribution in [0.2, 0.25) is 0 Å². The van der Waals surface area contributed by atoms with E-state index < -0.39 is 46.8 Å². The average molecular weight is 443 g/mol. The zero-order chi connectivity index (χ0) is 12.3. The topological polar surface area (TPSA) is 69.9 Å². The Labute approximate surface area is 115 Å². The van der Waals surface area contributed by atoms with Crippen LogP contribution in [0.3, 0.4) is 0 Å². The summed E-state index contributed by atoms with van der Waals surface area (Å²) < 4.78 is 6.71. The van der Waals surface area contributed by atoms with E-state index in [1.165, 1.54) is 3.07 Å². The fraction of sp³-hybridized carbons (Fsp3) is 0.455. The van der Waals surface area contributed by atoms with E-state index in [0.717, 1.165) is 0 Å². The summed E-state index contributed by atoms with van der Waals surface area (Å²) >= 11 is -1.36. The van der Waals surface area contributed by atoms with Crippen molar-refractivity contribution in [3.8, 4) is 0 Å². The van der Waals surface area contributed by atoms with E-state index in [9.17, 15) is 15.3 Å². The van der Waals surface area contributed by atoms with Crippen molar-refractivity contribution in [1.29, 1.82) is 0 Å². The number of hydrogen-bond donors (Lipinski definition) is 3. The van der Waals surface area contributed by atoms with E-state index in [4.69, 9.17) is 4.74 Å². The van der Waals surface area contributed by atoms with Crippen LogP contribution in [-0.4, -0.2) is 45.7 Å². The van der Waals surface area contributed by atoms with E-state index in [2.05, 4.69) is 12.1 Å². The molecule has 0 bridgehead atoms. The van der Waals surface area contributed by atoms with Gasteiger partial charge in [-0.1, -0.05) is 0 Å². The number of hydrogen-bond acceptors (Lipinski definition) is 5. The van der Waals surface area contributed by atoms with E-state index >= 15 is 0 Å². The number of aliphatic hydroxyl groups is 3. The summed E-state index contributed by atoms with van der Waals surface area (Å²) in [5, 5.41) is 28.6. The molecule has 0 amide bonds. The second-order valence-electron chi connectivity index (χ2n) is 4.05. The maximum absolute atomic E-state index is 9.77. The standard InChI is InChI=1S/C6H5.C5H10O4S.Hg/c1-2-4-6-5-3-1;6-2-1-9-5(10)4(8)3(2)7;/h1-5H;2-8,10H,1H2;/q;;+1/p-1/t;2-,3+,4-,5+;/m.1./s1. The molecule has 1 heterocycles. The van der Waals surface area contributed by atoms with Gasteiger partial charge in [0.15, 0.2) is 0 Å². The van der Waals surface area contributed by atoms with Crippen molar-refractivity contribution >= 4 is 11.3 Å². The molecule has 90 valence electrons. The van der Waals surface area contributed by atoms with Gasteiger partial charge >= 0.3 is 115 Å². The molecule has 1 fully saturated rings. The summed E-state index contributed by atoms with van der Waals surface area (Å²) in [6.07, 6.45) is -3.06. The van der Waals surface area contributed by atoms with Gasteiger partial charge in [0.05, 0.1) is 0 Å². The first-order chi connectivity index (χ1) is 8.18. The number of aliphatic hydroxyl groups excluding tert-OH is 3. The Balaban J connectivity index is 1.87. The molecule has 1 saturated heterocycles. The molecule has 0 radical (unpaired) electrons. The first-order valence-electron chi connectivity index (χ1n) is 5.50. The van der Waals surface area contributed by atoms with Gasteiger partial charge in [-0.3, -0.25) is 0 Å². The minimum atomic E-state index is -1.36. The van der Waals surface area contributed by atoms with Crippen LogP contribution in [0.1, 0.15) is 0 Å². The summed E-state index contributed by atoms with van der Waals surface area (Å²) in [7, 11) is 1.64. The quantitative estimate of drug-likeness (QED) is 0.550. The summed E-state index contributed by atoms with van der Waals surface area (Å²) in [6.45, 7) is 0.0958. The first-order valence-corrected chi connectivity index (χ1v) is 16.0. The Morgan fingerprint density at radius 3 is 2.53 bits per heavy atom. The first kappa shape index (κ1) is 13.8. The van der Waals surface area contributed by atoms with Crippen LogP contribution >= 0.6 is 8.24 Å². The van der Waals surface area contributed by atoms with Crippen LogP contribution in [0.25, 0.3) is 0 Å². The van der Waals surface area contributed by atoms with Crippen molar-refractivity contribution in [2.45, 2.75) is 23.7 Å². The Morgan fingerprint density at radius 1 is 1.12 bits per heavy atom. The Kier molecular flexibility index (Phi) is 5.26. The van der Waals surface area contributed by atoms with Gasteiger partial charge in [-0.25, -0.2) is 0 Å². The molecule has 17 heavy (non-hydrogen) atoms. The normalized spacial score (nSPS) is 33.1. The van der Waals surface area contributed by atoms with Gasteiger partial charge in [0, 0.05) is 0 Å². The molecule has 0 unspecified atom stereocenters. The molecule has 1 aromatic rings. The third-order valence-electron chi connectivity index (χ3n) is 2.71. The fourth-order valence-corrected chi connectivity index (χ4v) is 13.6. The minimum absolute atomic E-state index is 0.0958. The van der Waals surface area contributed by atoms with Crippen LogP contribution in [0.5, 0.6) is 0 Å². The van der Waals surface area contributed by atoms with Crippen molar-refractivity contribution in [2.75, 3.05) is 6.61 Å². The Bertz CT molecular complexity index is 351. The summed E-state index contributed by atoms with van der Waals surface area (Å²) in [6, 6.07) is 10.2. The average Bonchev–Trinajstić information content (AvgIpc) is 2.36. The molecule has 0 aromatic heterocycles. The van der Waals surface area contributed by atoms with Crippen molar-refractivity contribution < 1.29 is 43.1 Å². The van der Waals surface area contributed by atoms with Crippen LogP contribution in [0.15, 0.2) is 30.3 Å². The van der Waals surface area contributed by atoms with Crippen LogP contribution in [0.4, 0.5) is 0 Å². The Morgan fingerprint density at radius 2 is 1.82 bits per heavy atom. The molecular formula is C11H14HgO4S. The zero-order valence-corrected chi connectivity index (χ0v) is 15.6. The van der Waals surface area contributed by atoms with Crippen molar-refractivity contribution in [3.05, 3.63) is 30.3 Å². The molecule has 2 rings (SSSR count). The van der Waals surface area contributed by atoms with E-state index in [1.54, 1.807) is 8.24 Å². The van der Waals surface area contributed by atoms with E-state index in [1.807, 2.05) is 18.2 Å². The van der Waals surface area contributed by atoms with Gasteiger partial charge < -0.3 is 0 Å². The molecule has 6 heteroatoms. The SMILES string of the molecule is O[C@@H]1[C@@H](O)[C@H]([S][Hg][c]2ccccc2)OC[C@H]1O. The number of rotatable bonds is 3. The van der Waals surface area contributed by atoms with E-state index in [-0.39, 0.29) is 6.61 Å². The van der Waals surface area contributed by atoms with Gasteiger partial charge in [0.1, 0.15) is 0 Å². The maximum atomic E-state index is 9.77. The molecule has 4 atom stereocenters. The third-order valence-corrected chi connectivity index (χ3v) is 15.5. The van der Waals surface area contributed by atoms with Crippen molar-refractivity contribution in [1.82, 2.24) is 0 Å². The monoisotopic (exact) mass is 444 g/mol. The molecule has 0 spiro atoms. The van der Waals surface area contributed by atoms with Gasteiger partial charge in [-0.15, -0.1) is 0 Å². The molecule has 4 nitrogen and oxygen atoms in total. The molecule has 3 N–H and O–H groups in total. The third kappa shape index (κ3) is 3.65.